The number of nitro groups is 1. The summed E-state index contributed by atoms with van der Waals surface area (Å²) in [6.07, 6.45) is 1.53. The molecule has 0 fully saturated rings. The largest absolute Gasteiger partial charge is 0.393 e. The van der Waals surface area contributed by atoms with Gasteiger partial charge in [-0.3, -0.25) is 14.8 Å². The average Bonchev–Trinajstić information content (AvgIpc) is 2.72. The first-order valence-electron chi connectivity index (χ1n) is 5.70. The third-order valence-electron chi connectivity index (χ3n) is 2.65. The highest BCUT2D eigenvalue weighted by atomic mass is 32.2. The monoisotopic (exact) mass is 328 g/mol. The molecule has 1 aromatic carbocycles. The molecule has 0 atom stereocenters. The summed E-state index contributed by atoms with van der Waals surface area (Å²) in [5.41, 5.74) is 5.31. The van der Waals surface area contributed by atoms with Crippen LogP contribution >= 0.6 is 11.3 Å². The second-order valence-electron chi connectivity index (χ2n) is 4.32. The standard InChI is InChI=1S/C11H12N4O4S2/c1-6-3-8(12)9(15(16)17)4-10(6)21(18,19)14-11-13-5-7(2)20-11/h3-5H,12H2,1-2H3,(H,13,14). The van der Waals surface area contributed by atoms with Gasteiger partial charge in [0.1, 0.15) is 5.69 Å². The van der Waals surface area contributed by atoms with E-state index in [9.17, 15) is 18.5 Å². The number of hydrogen-bond acceptors (Lipinski definition) is 7. The highest BCUT2D eigenvalue weighted by molar-refractivity contribution is 7.93. The van der Waals surface area contributed by atoms with Crippen LogP contribution in [0.2, 0.25) is 0 Å². The number of benzene rings is 1. The summed E-state index contributed by atoms with van der Waals surface area (Å²) in [6.45, 7) is 3.30. The first-order chi connectivity index (χ1) is 9.70. The Labute approximate surface area is 124 Å². The number of sulfonamides is 1. The smallest absolute Gasteiger partial charge is 0.293 e. The number of nitrogen functional groups attached to an aromatic ring is 1. The highest BCUT2D eigenvalue weighted by Gasteiger charge is 2.24. The van der Waals surface area contributed by atoms with Crippen molar-refractivity contribution in [3.05, 3.63) is 38.9 Å². The molecule has 2 aromatic rings. The molecule has 21 heavy (non-hydrogen) atoms. The molecule has 0 amide bonds. The van der Waals surface area contributed by atoms with Gasteiger partial charge in [-0.2, -0.15) is 0 Å². The topological polar surface area (TPSA) is 128 Å². The Morgan fingerprint density at radius 3 is 2.57 bits per heavy atom. The molecule has 2 rings (SSSR count). The van der Waals surface area contributed by atoms with E-state index in [1.54, 1.807) is 6.92 Å². The van der Waals surface area contributed by atoms with Crippen LogP contribution in [0.1, 0.15) is 10.4 Å². The van der Waals surface area contributed by atoms with Crippen molar-refractivity contribution in [2.75, 3.05) is 10.5 Å². The van der Waals surface area contributed by atoms with Crippen LogP contribution in [0.4, 0.5) is 16.5 Å². The zero-order chi connectivity index (χ0) is 15.8. The molecular weight excluding hydrogens is 316 g/mol. The van der Waals surface area contributed by atoms with Gasteiger partial charge in [-0.05, 0) is 25.5 Å². The first kappa shape index (κ1) is 15.2. The lowest BCUT2D eigenvalue weighted by Crippen LogP contribution is -2.15. The molecule has 10 heteroatoms. The van der Waals surface area contributed by atoms with Gasteiger partial charge in [0.05, 0.1) is 9.82 Å². The van der Waals surface area contributed by atoms with Crippen molar-refractivity contribution >= 4 is 37.9 Å². The van der Waals surface area contributed by atoms with Crippen molar-refractivity contribution in [3.8, 4) is 0 Å². The van der Waals surface area contributed by atoms with E-state index in [1.807, 2.05) is 0 Å². The number of nitrogens with two attached hydrogens (primary N) is 1. The second-order valence-corrected chi connectivity index (χ2v) is 7.20. The zero-order valence-electron chi connectivity index (χ0n) is 11.2. The van der Waals surface area contributed by atoms with Crippen molar-refractivity contribution < 1.29 is 13.3 Å². The quantitative estimate of drug-likeness (QED) is 0.502. The molecule has 0 unspecified atom stereocenters. The van der Waals surface area contributed by atoms with Crippen molar-refractivity contribution in [2.45, 2.75) is 18.7 Å². The van der Waals surface area contributed by atoms with Crippen molar-refractivity contribution in [1.29, 1.82) is 0 Å². The fourth-order valence-corrected chi connectivity index (χ4v) is 3.87. The van der Waals surface area contributed by atoms with Gasteiger partial charge < -0.3 is 5.73 Å². The van der Waals surface area contributed by atoms with E-state index in [4.69, 9.17) is 5.73 Å². The Kier molecular flexibility index (Phi) is 3.83. The van der Waals surface area contributed by atoms with Crippen LogP contribution < -0.4 is 10.5 Å². The summed E-state index contributed by atoms with van der Waals surface area (Å²) in [4.78, 5) is 14.7. The normalized spacial score (nSPS) is 11.3. The molecule has 1 aromatic heterocycles. The minimum atomic E-state index is -3.97. The van der Waals surface area contributed by atoms with Crippen LogP contribution in [-0.2, 0) is 10.0 Å². The maximum absolute atomic E-state index is 12.3. The summed E-state index contributed by atoms with van der Waals surface area (Å²) in [5, 5.41) is 11.1. The molecule has 0 radical (unpaired) electrons. The van der Waals surface area contributed by atoms with E-state index in [2.05, 4.69) is 9.71 Å². The molecule has 0 aliphatic rings. The molecular formula is C11H12N4O4S2. The van der Waals surface area contributed by atoms with Gasteiger partial charge in [-0.15, -0.1) is 11.3 Å². The van der Waals surface area contributed by atoms with E-state index < -0.39 is 20.6 Å². The lowest BCUT2D eigenvalue weighted by Gasteiger charge is -2.09. The van der Waals surface area contributed by atoms with E-state index in [0.717, 1.165) is 10.9 Å². The van der Waals surface area contributed by atoms with E-state index in [0.29, 0.717) is 5.56 Å². The maximum Gasteiger partial charge on any atom is 0.293 e. The number of rotatable bonds is 4. The summed E-state index contributed by atoms with van der Waals surface area (Å²) in [7, 11) is -3.97. The number of aromatic nitrogens is 1. The predicted octanol–water partition coefficient (Wildman–Crippen LogP) is 2.05. The summed E-state index contributed by atoms with van der Waals surface area (Å²) < 4.78 is 26.9. The van der Waals surface area contributed by atoms with Gasteiger partial charge in [0.15, 0.2) is 5.13 Å². The molecule has 3 N–H and O–H groups in total. The highest BCUT2D eigenvalue weighted by Crippen LogP contribution is 2.30. The minimum absolute atomic E-state index is 0.0819. The van der Waals surface area contributed by atoms with Crippen molar-refractivity contribution in [3.63, 3.8) is 0 Å². The van der Waals surface area contributed by atoms with Gasteiger partial charge in [0, 0.05) is 17.1 Å². The van der Waals surface area contributed by atoms with Crippen LogP contribution in [0.3, 0.4) is 0 Å². The number of nitrogens with zero attached hydrogens (tertiary/aromatic N) is 2. The molecule has 0 saturated heterocycles. The van der Waals surface area contributed by atoms with E-state index >= 15 is 0 Å². The predicted molar refractivity (Wildman–Crippen MR) is 79.9 cm³/mol. The SMILES string of the molecule is Cc1cnc(NS(=O)(=O)c2cc([N+](=O)[O-])c(N)cc2C)s1. The third-order valence-corrected chi connectivity index (χ3v) is 5.09. The summed E-state index contributed by atoms with van der Waals surface area (Å²) >= 11 is 1.17. The molecule has 0 spiro atoms. The van der Waals surface area contributed by atoms with Crippen molar-refractivity contribution in [2.24, 2.45) is 0 Å². The van der Waals surface area contributed by atoms with Crippen LogP contribution in [0.25, 0.3) is 0 Å². The molecule has 8 nitrogen and oxygen atoms in total. The van der Waals surface area contributed by atoms with Gasteiger partial charge >= 0.3 is 0 Å². The number of nitrogens with one attached hydrogen (secondary N) is 1. The van der Waals surface area contributed by atoms with E-state index in [1.165, 1.54) is 30.5 Å². The van der Waals surface area contributed by atoms with Crippen LogP contribution in [0.15, 0.2) is 23.2 Å². The number of thiazole rings is 1. The van der Waals surface area contributed by atoms with Crippen LogP contribution in [0, 0.1) is 24.0 Å². The molecule has 1 heterocycles. The molecule has 0 aliphatic carbocycles. The van der Waals surface area contributed by atoms with Crippen LogP contribution in [0.5, 0.6) is 0 Å². The zero-order valence-corrected chi connectivity index (χ0v) is 12.8. The average molecular weight is 328 g/mol. The second kappa shape index (κ2) is 5.30. The van der Waals surface area contributed by atoms with Gasteiger partial charge in [0.2, 0.25) is 0 Å². The lowest BCUT2D eigenvalue weighted by molar-refractivity contribution is -0.384. The fourth-order valence-electron chi connectivity index (χ4n) is 1.72. The molecule has 0 bridgehead atoms. The summed E-state index contributed by atoms with van der Waals surface area (Å²) in [5.74, 6) is 0. The number of nitro benzene ring substituents is 1. The first-order valence-corrected chi connectivity index (χ1v) is 8.00. The summed E-state index contributed by atoms with van der Waals surface area (Å²) in [6, 6.07) is 2.22. The third kappa shape index (κ3) is 3.11. The molecule has 112 valence electrons. The number of hydrogen-bond donors (Lipinski definition) is 2. The number of aryl methyl sites for hydroxylation is 2. The molecule has 0 aliphatic heterocycles. The van der Waals surface area contributed by atoms with Gasteiger partial charge in [-0.1, -0.05) is 0 Å². The van der Waals surface area contributed by atoms with Gasteiger partial charge in [-0.25, -0.2) is 13.4 Å². The Morgan fingerprint density at radius 2 is 2.05 bits per heavy atom. The van der Waals surface area contributed by atoms with Gasteiger partial charge in [0.25, 0.3) is 15.7 Å². The maximum atomic E-state index is 12.3. The van der Waals surface area contributed by atoms with E-state index in [-0.39, 0.29) is 15.7 Å². The Hall–Kier alpha value is -2.20. The molecule has 0 saturated carbocycles. The Morgan fingerprint density at radius 1 is 1.38 bits per heavy atom. The lowest BCUT2D eigenvalue weighted by atomic mass is 10.2. The minimum Gasteiger partial charge on any atom is -0.393 e. The Balaban J connectivity index is 2.49. The van der Waals surface area contributed by atoms with Crippen LogP contribution in [-0.4, -0.2) is 18.3 Å². The Bertz CT molecular complexity index is 814. The van der Waals surface area contributed by atoms with Crippen molar-refractivity contribution in [1.82, 2.24) is 4.98 Å². The fraction of sp³-hybridized carbons (Fsp3) is 0.182. The number of anilines is 2.